The van der Waals surface area contributed by atoms with Crippen molar-refractivity contribution in [2.75, 3.05) is 0 Å². The maximum Gasteiger partial charge on any atom is 0.147 e. The molecule has 1 nitrogen and oxygen atoms in total. The molecule has 0 bridgehead atoms. The van der Waals surface area contributed by atoms with E-state index in [4.69, 9.17) is 5.26 Å². The van der Waals surface area contributed by atoms with Gasteiger partial charge in [0.15, 0.2) is 0 Å². The van der Waals surface area contributed by atoms with Crippen molar-refractivity contribution in [3.8, 4) is 6.07 Å². The van der Waals surface area contributed by atoms with E-state index < -0.39 is 17.2 Å². The lowest BCUT2D eigenvalue weighted by Crippen LogP contribution is -2.17. The average Bonchev–Trinajstić information content (AvgIpc) is 2.72. The van der Waals surface area contributed by atoms with E-state index in [0.717, 1.165) is 24.6 Å². The second-order valence-electron chi connectivity index (χ2n) is 7.86. The summed E-state index contributed by atoms with van der Waals surface area (Å²) in [5.74, 6) is -1.99. The normalized spacial score (nSPS) is 15.9. The van der Waals surface area contributed by atoms with Gasteiger partial charge in [-0.2, -0.15) is 5.26 Å². The first-order valence-corrected chi connectivity index (χ1v) is 10.1. The molecular weight excluding hydrogens is 371 g/mol. The Kier molecular flexibility index (Phi) is 5.32. The highest BCUT2D eigenvalue weighted by molar-refractivity contribution is 5.84. The highest BCUT2D eigenvalue weighted by Gasteiger charge is 2.28. The van der Waals surface area contributed by atoms with Crippen LogP contribution in [-0.4, -0.2) is 0 Å². The molecule has 0 amide bonds. The van der Waals surface area contributed by atoms with Crippen molar-refractivity contribution in [2.24, 2.45) is 0 Å². The van der Waals surface area contributed by atoms with Gasteiger partial charge in [0.1, 0.15) is 29.1 Å². The van der Waals surface area contributed by atoms with E-state index >= 15 is 4.39 Å². The highest BCUT2D eigenvalue weighted by atomic mass is 19.1. The van der Waals surface area contributed by atoms with Gasteiger partial charge >= 0.3 is 0 Å². The van der Waals surface area contributed by atoms with Gasteiger partial charge in [-0.25, -0.2) is 13.2 Å². The van der Waals surface area contributed by atoms with E-state index in [-0.39, 0.29) is 11.7 Å². The Labute approximate surface area is 168 Å². The van der Waals surface area contributed by atoms with E-state index in [1.54, 1.807) is 6.07 Å². The van der Waals surface area contributed by atoms with Crippen LogP contribution in [0.3, 0.4) is 0 Å². The van der Waals surface area contributed by atoms with Crippen molar-refractivity contribution in [1.82, 2.24) is 0 Å². The Bertz CT molecular complexity index is 1130. The molecule has 0 heterocycles. The zero-order chi connectivity index (χ0) is 20.5. The largest absolute Gasteiger partial charge is 0.206 e. The summed E-state index contributed by atoms with van der Waals surface area (Å²) in [6.45, 7) is 2.15. The molecule has 1 atom stereocenters. The second-order valence-corrected chi connectivity index (χ2v) is 7.86. The third kappa shape index (κ3) is 3.51. The Balaban J connectivity index is 1.68. The molecule has 4 heteroatoms. The number of nitrogens with zero attached hydrogens (tertiary/aromatic N) is 1. The van der Waals surface area contributed by atoms with Crippen LogP contribution < -0.4 is 0 Å². The predicted octanol–water partition coefficient (Wildman–Crippen LogP) is 6.74. The monoisotopic (exact) mass is 393 g/mol. The molecule has 0 spiro atoms. The number of fused-ring (bicyclic) bond motifs is 2. The number of hydrogen-bond donors (Lipinski definition) is 0. The number of benzene rings is 3. The van der Waals surface area contributed by atoms with Gasteiger partial charge < -0.3 is 0 Å². The predicted molar refractivity (Wildman–Crippen MR) is 108 cm³/mol. The van der Waals surface area contributed by atoms with E-state index in [9.17, 15) is 8.78 Å². The Morgan fingerprint density at radius 3 is 2.66 bits per heavy atom. The number of rotatable bonds is 4. The van der Waals surface area contributed by atoms with Crippen molar-refractivity contribution in [2.45, 2.75) is 51.4 Å². The SMILES string of the molecule is CCCCc1ccc2c(F)c(C3CCc4c(cc(F)c(C#N)c4F)C3)ccc2c1. The Morgan fingerprint density at radius 2 is 1.90 bits per heavy atom. The molecule has 0 radical (unpaired) electrons. The van der Waals surface area contributed by atoms with Gasteiger partial charge in [0.2, 0.25) is 0 Å². The average molecular weight is 393 g/mol. The molecule has 1 aliphatic rings. The van der Waals surface area contributed by atoms with Gasteiger partial charge in [-0.1, -0.05) is 43.7 Å². The molecule has 0 saturated heterocycles. The molecule has 3 aromatic carbocycles. The van der Waals surface area contributed by atoms with Crippen LogP contribution in [0.1, 0.15) is 59.9 Å². The molecule has 1 aliphatic carbocycles. The van der Waals surface area contributed by atoms with Gasteiger partial charge in [0.25, 0.3) is 0 Å². The molecule has 0 aliphatic heterocycles. The van der Waals surface area contributed by atoms with Gasteiger partial charge in [0.05, 0.1) is 0 Å². The quantitative estimate of drug-likeness (QED) is 0.481. The minimum Gasteiger partial charge on any atom is -0.206 e. The van der Waals surface area contributed by atoms with Crippen LogP contribution >= 0.6 is 0 Å². The number of hydrogen-bond acceptors (Lipinski definition) is 1. The summed E-state index contributed by atoms with van der Waals surface area (Å²) in [6, 6.07) is 12.5. The number of halogens is 3. The standard InChI is InChI=1S/C25H22F3N/c1-2-3-4-15-5-8-19-16(11-15)6-9-20(24(19)27)17-7-10-21-18(12-17)13-23(26)22(14-29)25(21)28/h5-6,8-9,11,13,17H,2-4,7,10,12H2,1H3. The fourth-order valence-corrected chi connectivity index (χ4v) is 4.43. The fraction of sp³-hybridized carbons (Fsp3) is 0.320. The summed E-state index contributed by atoms with van der Waals surface area (Å²) >= 11 is 0. The summed E-state index contributed by atoms with van der Waals surface area (Å²) in [4.78, 5) is 0. The Hall–Kier alpha value is -2.80. The van der Waals surface area contributed by atoms with Crippen LogP contribution in [-0.2, 0) is 19.3 Å². The van der Waals surface area contributed by atoms with E-state index in [1.165, 1.54) is 11.6 Å². The first-order chi connectivity index (χ1) is 14.0. The number of unbranched alkanes of at least 4 members (excludes halogenated alkanes) is 1. The third-order valence-electron chi connectivity index (χ3n) is 6.04. The molecule has 29 heavy (non-hydrogen) atoms. The van der Waals surface area contributed by atoms with Crippen LogP contribution in [0.25, 0.3) is 10.8 Å². The summed E-state index contributed by atoms with van der Waals surface area (Å²) in [5.41, 5.74) is 2.19. The fourth-order valence-electron chi connectivity index (χ4n) is 4.43. The zero-order valence-electron chi connectivity index (χ0n) is 16.4. The van der Waals surface area contributed by atoms with Gasteiger partial charge in [-0.05, 0) is 71.7 Å². The molecule has 148 valence electrons. The third-order valence-corrected chi connectivity index (χ3v) is 6.04. The van der Waals surface area contributed by atoms with Crippen molar-refractivity contribution >= 4 is 10.8 Å². The number of aryl methyl sites for hydroxylation is 1. The van der Waals surface area contributed by atoms with Crippen LogP contribution in [0.2, 0.25) is 0 Å². The second kappa shape index (κ2) is 7.91. The van der Waals surface area contributed by atoms with E-state index in [2.05, 4.69) is 6.92 Å². The highest BCUT2D eigenvalue weighted by Crippen LogP contribution is 2.38. The minimum atomic E-state index is -0.844. The summed E-state index contributed by atoms with van der Waals surface area (Å²) in [7, 11) is 0. The smallest absolute Gasteiger partial charge is 0.147 e. The molecule has 0 aromatic heterocycles. The van der Waals surface area contributed by atoms with Crippen molar-refractivity contribution < 1.29 is 13.2 Å². The summed E-state index contributed by atoms with van der Waals surface area (Å²) in [5, 5.41) is 10.4. The van der Waals surface area contributed by atoms with Crippen molar-refractivity contribution in [3.63, 3.8) is 0 Å². The maximum absolute atomic E-state index is 15.3. The Morgan fingerprint density at radius 1 is 1.07 bits per heavy atom. The lowest BCUT2D eigenvalue weighted by atomic mass is 9.78. The molecule has 1 unspecified atom stereocenters. The van der Waals surface area contributed by atoms with Gasteiger partial charge in [0, 0.05) is 5.39 Å². The van der Waals surface area contributed by atoms with Crippen LogP contribution in [0.4, 0.5) is 13.2 Å². The maximum atomic E-state index is 15.3. The minimum absolute atomic E-state index is 0.140. The number of nitriles is 1. The molecule has 0 saturated carbocycles. The first-order valence-electron chi connectivity index (χ1n) is 10.1. The van der Waals surface area contributed by atoms with Crippen molar-refractivity contribution in [3.05, 3.63) is 81.7 Å². The molecule has 3 aromatic rings. The first kappa shape index (κ1) is 19.5. The van der Waals surface area contributed by atoms with E-state index in [1.807, 2.05) is 30.3 Å². The van der Waals surface area contributed by atoms with Crippen LogP contribution in [0, 0.1) is 28.8 Å². The molecule has 0 N–H and O–H groups in total. The van der Waals surface area contributed by atoms with Gasteiger partial charge in [-0.15, -0.1) is 0 Å². The van der Waals surface area contributed by atoms with E-state index in [0.29, 0.717) is 41.3 Å². The summed E-state index contributed by atoms with van der Waals surface area (Å²) in [6.07, 6.45) is 4.51. The molecular formula is C25H22F3N. The molecule has 0 fully saturated rings. The lowest BCUT2D eigenvalue weighted by molar-refractivity contribution is 0.505. The van der Waals surface area contributed by atoms with Crippen LogP contribution in [0.5, 0.6) is 0 Å². The van der Waals surface area contributed by atoms with Gasteiger partial charge in [-0.3, -0.25) is 0 Å². The summed E-state index contributed by atoms with van der Waals surface area (Å²) < 4.78 is 43.8. The topological polar surface area (TPSA) is 23.8 Å². The van der Waals surface area contributed by atoms with Crippen LogP contribution in [0.15, 0.2) is 36.4 Å². The van der Waals surface area contributed by atoms with Crippen molar-refractivity contribution in [1.29, 1.82) is 5.26 Å². The molecule has 4 rings (SSSR count). The zero-order valence-corrected chi connectivity index (χ0v) is 16.4. The lowest BCUT2D eigenvalue weighted by Gasteiger charge is -2.26.